The number of hydrogen-bond donors (Lipinski definition) is 3. The van der Waals surface area contributed by atoms with E-state index in [4.69, 9.17) is 9.88 Å². The van der Waals surface area contributed by atoms with Crippen molar-refractivity contribution in [3.8, 4) is 0 Å². The van der Waals surface area contributed by atoms with E-state index in [1.807, 2.05) is 0 Å². The first-order valence-corrected chi connectivity index (χ1v) is 11.0. The summed E-state index contributed by atoms with van der Waals surface area (Å²) in [7, 11) is -3.93. The summed E-state index contributed by atoms with van der Waals surface area (Å²) in [4.78, 5) is 37.2. The molecule has 1 unspecified atom stereocenters. The van der Waals surface area contributed by atoms with Crippen LogP contribution in [0.15, 0.2) is 59.5 Å². The van der Waals surface area contributed by atoms with Crippen molar-refractivity contribution in [1.82, 2.24) is 5.32 Å². The minimum absolute atomic E-state index is 0.168. The van der Waals surface area contributed by atoms with Gasteiger partial charge in [-0.25, -0.2) is 18.4 Å². The highest BCUT2D eigenvalue weighted by atomic mass is 32.2. The maximum absolute atomic E-state index is 12.6. The fourth-order valence-electron chi connectivity index (χ4n) is 2.61. The zero-order valence-electron chi connectivity index (χ0n) is 17.4. The van der Waals surface area contributed by atoms with Crippen molar-refractivity contribution in [3.63, 3.8) is 0 Å². The Hall–Kier alpha value is -3.24. The van der Waals surface area contributed by atoms with Crippen molar-refractivity contribution in [1.29, 1.82) is 0 Å². The maximum atomic E-state index is 12.6. The van der Waals surface area contributed by atoms with Crippen molar-refractivity contribution in [2.24, 2.45) is 11.1 Å². The fraction of sp³-hybridized carbons (Fsp3) is 0.286. The van der Waals surface area contributed by atoms with Gasteiger partial charge >= 0.3 is 5.97 Å². The van der Waals surface area contributed by atoms with Gasteiger partial charge in [0.05, 0.1) is 4.90 Å². The molecule has 9 nitrogen and oxygen atoms in total. The van der Waals surface area contributed by atoms with Gasteiger partial charge in [-0.05, 0) is 43.2 Å². The lowest BCUT2D eigenvalue weighted by atomic mass is 10.0. The first-order chi connectivity index (χ1) is 14.5. The number of nitrogens with two attached hydrogens (primary N) is 1. The molecule has 2 rings (SSSR count). The van der Waals surface area contributed by atoms with E-state index in [0.29, 0.717) is 5.56 Å². The number of primary sulfonamides is 1. The molecular weight excluding hydrogens is 422 g/mol. The van der Waals surface area contributed by atoms with Crippen molar-refractivity contribution in [2.45, 2.75) is 37.8 Å². The molecule has 10 heteroatoms. The molecule has 2 aromatic rings. The van der Waals surface area contributed by atoms with Crippen molar-refractivity contribution >= 4 is 33.5 Å². The van der Waals surface area contributed by atoms with Crippen LogP contribution in [0.5, 0.6) is 0 Å². The van der Waals surface area contributed by atoms with Gasteiger partial charge in [0.25, 0.3) is 11.8 Å². The first-order valence-electron chi connectivity index (χ1n) is 9.49. The molecule has 0 saturated carbocycles. The van der Waals surface area contributed by atoms with Crippen molar-refractivity contribution < 1.29 is 27.5 Å². The number of benzene rings is 2. The zero-order chi connectivity index (χ0) is 23.2. The summed E-state index contributed by atoms with van der Waals surface area (Å²) in [5.41, 5.74) is 0.568. The smallest absolute Gasteiger partial charge is 0.329 e. The van der Waals surface area contributed by atoms with Crippen LogP contribution in [-0.4, -0.2) is 38.3 Å². The lowest BCUT2D eigenvalue weighted by Crippen LogP contribution is -2.47. The number of carbonyl (C=O) groups is 3. The van der Waals surface area contributed by atoms with E-state index >= 15 is 0 Å². The first kappa shape index (κ1) is 24.0. The molecule has 4 N–H and O–H groups in total. The van der Waals surface area contributed by atoms with Gasteiger partial charge < -0.3 is 15.4 Å². The Labute approximate surface area is 181 Å². The van der Waals surface area contributed by atoms with Crippen LogP contribution >= 0.6 is 0 Å². The Bertz CT molecular complexity index is 1050. The van der Waals surface area contributed by atoms with E-state index in [1.165, 1.54) is 31.2 Å². The Balaban J connectivity index is 2.03. The number of sulfonamides is 1. The Morgan fingerprint density at radius 1 is 0.968 bits per heavy atom. The highest BCUT2D eigenvalue weighted by molar-refractivity contribution is 7.89. The minimum atomic E-state index is -3.93. The largest absolute Gasteiger partial charge is 0.451 e. The van der Waals surface area contributed by atoms with Crippen LogP contribution in [0.3, 0.4) is 0 Å². The second-order valence-corrected chi connectivity index (χ2v) is 8.76. The normalized spacial score (nSPS) is 13.2. The monoisotopic (exact) mass is 447 g/mol. The molecule has 2 atom stereocenters. The molecule has 31 heavy (non-hydrogen) atoms. The average Bonchev–Trinajstić information content (AvgIpc) is 2.71. The summed E-state index contributed by atoms with van der Waals surface area (Å²) >= 11 is 0. The number of amides is 2. The quantitative estimate of drug-likeness (QED) is 0.525. The molecule has 0 aliphatic heterocycles. The Morgan fingerprint density at radius 2 is 1.61 bits per heavy atom. The molecule has 0 spiro atoms. The van der Waals surface area contributed by atoms with E-state index in [0.717, 1.165) is 0 Å². The van der Waals surface area contributed by atoms with Crippen LogP contribution in [0.1, 0.15) is 31.1 Å². The van der Waals surface area contributed by atoms with Gasteiger partial charge in [0, 0.05) is 11.3 Å². The Kier molecular flexibility index (Phi) is 7.89. The number of hydrogen-bond acceptors (Lipinski definition) is 6. The minimum Gasteiger partial charge on any atom is -0.451 e. The van der Waals surface area contributed by atoms with Gasteiger partial charge in [-0.3, -0.25) is 9.59 Å². The number of anilines is 1. The van der Waals surface area contributed by atoms with Crippen molar-refractivity contribution in [3.05, 3.63) is 60.2 Å². The van der Waals surface area contributed by atoms with Crippen LogP contribution in [0.2, 0.25) is 0 Å². The predicted octanol–water partition coefficient (Wildman–Crippen LogP) is 1.66. The third kappa shape index (κ3) is 6.90. The van der Waals surface area contributed by atoms with E-state index in [9.17, 15) is 22.8 Å². The number of nitrogens with one attached hydrogen (secondary N) is 2. The van der Waals surface area contributed by atoms with Gasteiger partial charge in [-0.2, -0.15) is 0 Å². The zero-order valence-corrected chi connectivity index (χ0v) is 18.2. The van der Waals surface area contributed by atoms with Crippen LogP contribution in [0, 0.1) is 5.92 Å². The van der Waals surface area contributed by atoms with Gasteiger partial charge in [0.1, 0.15) is 6.04 Å². The van der Waals surface area contributed by atoms with Gasteiger partial charge in [-0.15, -0.1) is 0 Å². The molecule has 0 fully saturated rings. The number of rotatable bonds is 8. The van der Waals surface area contributed by atoms with Crippen LogP contribution < -0.4 is 15.8 Å². The van der Waals surface area contributed by atoms with Crippen LogP contribution in [-0.2, 0) is 24.3 Å². The molecule has 0 aliphatic rings. The molecule has 0 aromatic heterocycles. The molecule has 2 amide bonds. The molecular formula is C21H25N3O6S. The second-order valence-electron chi connectivity index (χ2n) is 7.20. The van der Waals surface area contributed by atoms with Crippen molar-refractivity contribution in [2.75, 3.05) is 5.32 Å². The number of carbonyl (C=O) groups excluding carboxylic acids is 3. The standard InChI is InChI=1S/C21H25N3O6S/c1-13(2)18(24-20(26)15-8-5-4-6-9-15)21(27)30-14(3)19(25)23-16-10-7-11-17(12-16)31(22,28)29/h4-14,18H,1-3H3,(H,23,25)(H,24,26)(H2,22,28,29)/t14?,18-/m0/s1. The summed E-state index contributed by atoms with van der Waals surface area (Å²) in [5.74, 6) is -2.16. The van der Waals surface area contributed by atoms with E-state index in [2.05, 4.69) is 10.6 Å². The average molecular weight is 448 g/mol. The van der Waals surface area contributed by atoms with Crippen LogP contribution in [0.25, 0.3) is 0 Å². The van der Waals surface area contributed by atoms with E-state index in [-0.39, 0.29) is 16.5 Å². The Morgan fingerprint density at radius 3 is 2.19 bits per heavy atom. The highest BCUT2D eigenvalue weighted by Gasteiger charge is 2.29. The third-order valence-electron chi connectivity index (χ3n) is 4.34. The summed E-state index contributed by atoms with van der Waals surface area (Å²) < 4.78 is 28.1. The molecule has 0 aliphatic carbocycles. The lowest BCUT2D eigenvalue weighted by molar-refractivity contribution is -0.156. The molecule has 166 valence electrons. The van der Waals surface area contributed by atoms with Gasteiger partial charge in [0.15, 0.2) is 6.10 Å². The van der Waals surface area contributed by atoms with E-state index in [1.54, 1.807) is 44.2 Å². The summed E-state index contributed by atoms with van der Waals surface area (Å²) in [5, 5.41) is 10.2. The second kappa shape index (κ2) is 10.2. The maximum Gasteiger partial charge on any atom is 0.329 e. The topological polar surface area (TPSA) is 145 Å². The van der Waals surface area contributed by atoms with E-state index < -0.39 is 40.0 Å². The number of esters is 1. The molecule has 0 radical (unpaired) electrons. The molecule has 0 heterocycles. The summed E-state index contributed by atoms with van der Waals surface area (Å²) in [6.45, 7) is 4.84. The predicted molar refractivity (Wildman–Crippen MR) is 115 cm³/mol. The molecule has 2 aromatic carbocycles. The molecule has 0 bridgehead atoms. The van der Waals surface area contributed by atoms with Gasteiger partial charge in [-0.1, -0.05) is 38.1 Å². The summed E-state index contributed by atoms with van der Waals surface area (Å²) in [6, 6.07) is 12.8. The fourth-order valence-corrected chi connectivity index (χ4v) is 3.17. The third-order valence-corrected chi connectivity index (χ3v) is 5.25. The highest BCUT2D eigenvalue weighted by Crippen LogP contribution is 2.15. The SMILES string of the molecule is CC(OC(=O)[C@@H](NC(=O)c1ccccc1)C(C)C)C(=O)Nc1cccc(S(N)(=O)=O)c1. The summed E-state index contributed by atoms with van der Waals surface area (Å²) in [6.07, 6.45) is -1.19. The number of ether oxygens (including phenoxy) is 1. The van der Waals surface area contributed by atoms with Crippen LogP contribution in [0.4, 0.5) is 5.69 Å². The molecule has 0 saturated heterocycles. The van der Waals surface area contributed by atoms with Gasteiger partial charge in [0.2, 0.25) is 10.0 Å². The lowest BCUT2D eigenvalue weighted by Gasteiger charge is -2.23.